The summed E-state index contributed by atoms with van der Waals surface area (Å²) in [6.07, 6.45) is 1.19. The third-order valence-electron chi connectivity index (χ3n) is 3.41. The van der Waals surface area contributed by atoms with Gasteiger partial charge in [0.15, 0.2) is 0 Å². The molecule has 1 rings (SSSR count). The van der Waals surface area contributed by atoms with Gasteiger partial charge in [-0.3, -0.25) is 0 Å². The van der Waals surface area contributed by atoms with Crippen molar-refractivity contribution in [2.24, 2.45) is 0 Å². The first-order chi connectivity index (χ1) is 8.22. The minimum atomic E-state index is 0.441. The normalized spacial score (nSPS) is 14.6. The van der Waals surface area contributed by atoms with Gasteiger partial charge in [-0.1, -0.05) is 38.1 Å². The van der Waals surface area contributed by atoms with E-state index in [1.165, 1.54) is 17.5 Å². The lowest BCUT2D eigenvalue weighted by Gasteiger charge is -2.17. The minimum Gasteiger partial charge on any atom is -0.384 e. The molecule has 17 heavy (non-hydrogen) atoms. The molecule has 96 valence electrons. The Morgan fingerprint density at radius 3 is 2.24 bits per heavy atom. The molecule has 1 N–H and O–H groups in total. The van der Waals surface area contributed by atoms with Crippen LogP contribution in [0.25, 0.3) is 0 Å². The summed E-state index contributed by atoms with van der Waals surface area (Å²) in [7, 11) is 3.74. The number of hydrogen-bond acceptors (Lipinski definition) is 2. The molecule has 0 saturated heterocycles. The van der Waals surface area contributed by atoms with Crippen LogP contribution in [0, 0.1) is 0 Å². The van der Waals surface area contributed by atoms with Crippen LogP contribution in [0.15, 0.2) is 24.3 Å². The third kappa shape index (κ3) is 4.14. The smallest absolute Gasteiger partial charge is 0.0543 e. The second-order valence-corrected chi connectivity index (χ2v) is 4.69. The molecule has 0 aromatic heterocycles. The lowest BCUT2D eigenvalue weighted by Crippen LogP contribution is -2.20. The molecule has 0 radical (unpaired) electrons. The molecule has 2 heteroatoms. The zero-order valence-corrected chi connectivity index (χ0v) is 11.5. The quantitative estimate of drug-likeness (QED) is 0.784. The van der Waals surface area contributed by atoms with Crippen LogP contribution in [0.1, 0.15) is 43.2 Å². The van der Waals surface area contributed by atoms with Gasteiger partial charge in [0.25, 0.3) is 0 Å². The lowest BCUT2D eigenvalue weighted by molar-refractivity contribution is 0.178. The molecule has 0 aliphatic carbocycles. The number of ether oxygens (including phenoxy) is 1. The number of rotatable bonds is 7. The first-order valence-corrected chi connectivity index (χ1v) is 6.46. The van der Waals surface area contributed by atoms with E-state index < -0.39 is 0 Å². The number of benzene rings is 1. The number of methoxy groups -OCH3 is 1. The summed E-state index contributed by atoms with van der Waals surface area (Å²) in [6, 6.07) is 8.98. The Bertz CT molecular complexity index is 301. The molecule has 0 fully saturated rings. The van der Waals surface area contributed by atoms with E-state index >= 15 is 0 Å². The van der Waals surface area contributed by atoms with Crippen molar-refractivity contribution >= 4 is 0 Å². The highest BCUT2D eigenvalue weighted by Gasteiger charge is 2.11. The Kier molecular flexibility index (Phi) is 6.23. The number of hydrogen-bond donors (Lipinski definition) is 1. The molecule has 2 unspecified atom stereocenters. The molecule has 0 bridgehead atoms. The van der Waals surface area contributed by atoms with Gasteiger partial charge >= 0.3 is 0 Å². The second kappa shape index (κ2) is 7.46. The van der Waals surface area contributed by atoms with Crippen molar-refractivity contribution in [3.05, 3.63) is 35.4 Å². The summed E-state index contributed by atoms with van der Waals surface area (Å²) < 4.78 is 5.27. The Morgan fingerprint density at radius 1 is 1.18 bits per heavy atom. The highest BCUT2D eigenvalue weighted by Crippen LogP contribution is 2.22. The van der Waals surface area contributed by atoms with Gasteiger partial charge in [-0.2, -0.15) is 0 Å². The van der Waals surface area contributed by atoms with Crippen LogP contribution in [0.4, 0.5) is 0 Å². The van der Waals surface area contributed by atoms with Crippen LogP contribution in [0.2, 0.25) is 0 Å². The van der Waals surface area contributed by atoms with E-state index in [0.29, 0.717) is 11.8 Å². The van der Waals surface area contributed by atoms with Gasteiger partial charge in [0.1, 0.15) is 0 Å². The average molecular weight is 235 g/mol. The summed E-state index contributed by atoms with van der Waals surface area (Å²) in [4.78, 5) is 0. The predicted molar refractivity (Wildman–Crippen MR) is 73.7 cm³/mol. The summed E-state index contributed by atoms with van der Waals surface area (Å²) >= 11 is 0. The first kappa shape index (κ1) is 14.2. The van der Waals surface area contributed by atoms with E-state index in [2.05, 4.69) is 43.4 Å². The number of nitrogens with one attached hydrogen (secondary N) is 1. The SMILES string of the molecule is CCC(C)c1ccc(C(CNC)COC)cc1. The monoisotopic (exact) mass is 235 g/mol. The zero-order valence-electron chi connectivity index (χ0n) is 11.5. The van der Waals surface area contributed by atoms with Gasteiger partial charge in [0.05, 0.1) is 6.61 Å². The summed E-state index contributed by atoms with van der Waals surface area (Å²) in [5.74, 6) is 1.09. The van der Waals surface area contributed by atoms with E-state index in [-0.39, 0.29) is 0 Å². The van der Waals surface area contributed by atoms with Gasteiger partial charge in [-0.15, -0.1) is 0 Å². The third-order valence-corrected chi connectivity index (χ3v) is 3.41. The molecule has 2 nitrogen and oxygen atoms in total. The summed E-state index contributed by atoms with van der Waals surface area (Å²) in [6.45, 7) is 6.22. The van der Waals surface area contributed by atoms with Crippen LogP contribution in [0.3, 0.4) is 0 Å². The Balaban J connectivity index is 2.76. The van der Waals surface area contributed by atoms with E-state index in [9.17, 15) is 0 Å². The molecule has 0 amide bonds. The molecule has 0 aliphatic rings. The van der Waals surface area contributed by atoms with Crippen molar-refractivity contribution in [1.82, 2.24) is 5.32 Å². The van der Waals surface area contributed by atoms with Crippen LogP contribution < -0.4 is 5.32 Å². The lowest BCUT2D eigenvalue weighted by atomic mass is 9.94. The second-order valence-electron chi connectivity index (χ2n) is 4.69. The van der Waals surface area contributed by atoms with Gasteiger partial charge in [-0.05, 0) is 30.5 Å². The van der Waals surface area contributed by atoms with Crippen molar-refractivity contribution in [1.29, 1.82) is 0 Å². The highest BCUT2D eigenvalue weighted by molar-refractivity contribution is 5.27. The van der Waals surface area contributed by atoms with Crippen molar-refractivity contribution in [3.63, 3.8) is 0 Å². The van der Waals surface area contributed by atoms with Crippen LogP contribution in [0.5, 0.6) is 0 Å². The predicted octanol–water partition coefficient (Wildman–Crippen LogP) is 3.15. The summed E-state index contributed by atoms with van der Waals surface area (Å²) in [5, 5.41) is 3.22. The van der Waals surface area contributed by atoms with Gasteiger partial charge < -0.3 is 10.1 Å². The highest BCUT2D eigenvalue weighted by atomic mass is 16.5. The molecule has 2 atom stereocenters. The molecular weight excluding hydrogens is 210 g/mol. The maximum atomic E-state index is 5.27. The van der Waals surface area contributed by atoms with Crippen molar-refractivity contribution in [2.75, 3.05) is 27.3 Å². The van der Waals surface area contributed by atoms with Crippen LogP contribution >= 0.6 is 0 Å². The maximum Gasteiger partial charge on any atom is 0.0543 e. The fourth-order valence-electron chi connectivity index (χ4n) is 2.05. The van der Waals surface area contributed by atoms with E-state index in [4.69, 9.17) is 4.74 Å². The van der Waals surface area contributed by atoms with E-state index in [1.807, 2.05) is 7.05 Å². The molecule has 1 aromatic rings. The van der Waals surface area contributed by atoms with E-state index in [1.54, 1.807) is 7.11 Å². The van der Waals surface area contributed by atoms with Crippen molar-refractivity contribution in [2.45, 2.75) is 32.1 Å². The Morgan fingerprint density at radius 2 is 1.76 bits per heavy atom. The standard InChI is InChI=1S/C15H25NO/c1-5-12(2)13-6-8-14(9-7-13)15(10-16-3)11-17-4/h6-9,12,15-16H,5,10-11H2,1-4H3. The average Bonchev–Trinajstić information content (AvgIpc) is 2.38. The molecule has 0 aliphatic heterocycles. The van der Waals surface area contributed by atoms with Crippen molar-refractivity contribution in [3.8, 4) is 0 Å². The molecule has 0 spiro atoms. The van der Waals surface area contributed by atoms with Gasteiger partial charge in [0.2, 0.25) is 0 Å². The minimum absolute atomic E-state index is 0.441. The molecular formula is C15H25NO. The zero-order chi connectivity index (χ0) is 12.7. The fraction of sp³-hybridized carbons (Fsp3) is 0.600. The van der Waals surface area contributed by atoms with Crippen LogP contribution in [-0.4, -0.2) is 27.3 Å². The maximum absolute atomic E-state index is 5.27. The van der Waals surface area contributed by atoms with Gasteiger partial charge in [0, 0.05) is 19.6 Å². The van der Waals surface area contributed by atoms with Gasteiger partial charge in [-0.25, -0.2) is 0 Å². The summed E-state index contributed by atoms with van der Waals surface area (Å²) in [5.41, 5.74) is 2.78. The van der Waals surface area contributed by atoms with Crippen LogP contribution in [-0.2, 0) is 4.74 Å². The Hall–Kier alpha value is -0.860. The largest absolute Gasteiger partial charge is 0.384 e. The van der Waals surface area contributed by atoms with Crippen molar-refractivity contribution < 1.29 is 4.74 Å². The topological polar surface area (TPSA) is 21.3 Å². The number of likely N-dealkylation sites (N-methyl/N-ethyl adjacent to an activating group) is 1. The molecule has 1 aromatic carbocycles. The Labute approximate surface area is 105 Å². The molecule has 0 heterocycles. The van der Waals surface area contributed by atoms with E-state index in [0.717, 1.165) is 13.2 Å². The fourth-order valence-corrected chi connectivity index (χ4v) is 2.05. The molecule has 0 saturated carbocycles. The first-order valence-electron chi connectivity index (χ1n) is 6.46.